The summed E-state index contributed by atoms with van der Waals surface area (Å²) in [7, 11) is 0. The van der Waals surface area contributed by atoms with Gasteiger partial charge in [0.15, 0.2) is 0 Å². The minimum Gasteiger partial charge on any atom is -0.342 e. The lowest BCUT2D eigenvalue weighted by Crippen LogP contribution is -2.39. The van der Waals surface area contributed by atoms with Gasteiger partial charge in [-0.1, -0.05) is 6.92 Å². The second-order valence-electron chi connectivity index (χ2n) is 5.49. The Morgan fingerprint density at radius 1 is 1.25 bits per heavy atom. The minimum atomic E-state index is 0.301. The van der Waals surface area contributed by atoms with E-state index in [0.717, 1.165) is 31.5 Å². The summed E-state index contributed by atoms with van der Waals surface area (Å²) in [5.41, 5.74) is 0. The molecular weight excluding hydrogens is 200 g/mol. The number of hydrogen-bond acceptors (Lipinski definition) is 2. The van der Waals surface area contributed by atoms with Crippen molar-refractivity contribution in [2.45, 2.75) is 39.0 Å². The van der Waals surface area contributed by atoms with E-state index in [9.17, 15) is 4.79 Å². The third-order valence-electron chi connectivity index (χ3n) is 3.78. The number of amides is 1. The normalized spacial score (nSPS) is 26.6. The van der Waals surface area contributed by atoms with E-state index in [-0.39, 0.29) is 0 Å². The SMILES string of the molecule is CC1CCCN(C(=O)CNCC2CC2)CC1. The van der Waals surface area contributed by atoms with Gasteiger partial charge in [0.1, 0.15) is 0 Å². The maximum atomic E-state index is 11.9. The molecule has 0 aromatic rings. The molecule has 0 bridgehead atoms. The van der Waals surface area contributed by atoms with Gasteiger partial charge in [0.2, 0.25) is 5.91 Å². The summed E-state index contributed by atoms with van der Waals surface area (Å²) in [6.07, 6.45) is 6.33. The summed E-state index contributed by atoms with van der Waals surface area (Å²) in [6.45, 7) is 5.81. The van der Waals surface area contributed by atoms with Crippen LogP contribution in [0.4, 0.5) is 0 Å². The van der Waals surface area contributed by atoms with Crippen LogP contribution in [0.3, 0.4) is 0 Å². The van der Waals surface area contributed by atoms with E-state index in [1.54, 1.807) is 0 Å². The Kier molecular flexibility index (Phi) is 4.22. The molecule has 1 atom stereocenters. The molecule has 1 saturated carbocycles. The Labute approximate surface area is 98.6 Å². The topological polar surface area (TPSA) is 32.3 Å². The smallest absolute Gasteiger partial charge is 0.236 e. The zero-order valence-corrected chi connectivity index (χ0v) is 10.4. The Hall–Kier alpha value is -0.570. The molecule has 0 radical (unpaired) electrons. The third kappa shape index (κ3) is 3.78. The van der Waals surface area contributed by atoms with Crippen LogP contribution in [0.5, 0.6) is 0 Å². The van der Waals surface area contributed by atoms with E-state index >= 15 is 0 Å². The standard InChI is InChI=1S/C13H24N2O/c1-11-3-2-7-15(8-6-11)13(16)10-14-9-12-4-5-12/h11-12,14H,2-10H2,1H3. The van der Waals surface area contributed by atoms with Crippen molar-refractivity contribution in [1.82, 2.24) is 10.2 Å². The Morgan fingerprint density at radius 2 is 2.06 bits per heavy atom. The fourth-order valence-corrected chi connectivity index (χ4v) is 2.33. The summed E-state index contributed by atoms with van der Waals surface area (Å²) in [4.78, 5) is 14.0. The van der Waals surface area contributed by atoms with Gasteiger partial charge in [-0.3, -0.25) is 4.79 Å². The van der Waals surface area contributed by atoms with Crippen molar-refractivity contribution in [3.63, 3.8) is 0 Å². The van der Waals surface area contributed by atoms with Gasteiger partial charge in [0.05, 0.1) is 6.54 Å². The van der Waals surface area contributed by atoms with Crippen LogP contribution in [0.25, 0.3) is 0 Å². The number of hydrogen-bond donors (Lipinski definition) is 1. The number of nitrogens with one attached hydrogen (secondary N) is 1. The highest BCUT2D eigenvalue weighted by molar-refractivity contribution is 5.78. The van der Waals surface area contributed by atoms with Crippen molar-refractivity contribution in [3.8, 4) is 0 Å². The van der Waals surface area contributed by atoms with E-state index < -0.39 is 0 Å². The number of likely N-dealkylation sites (tertiary alicyclic amines) is 1. The second kappa shape index (κ2) is 5.67. The van der Waals surface area contributed by atoms with E-state index in [1.807, 2.05) is 4.90 Å². The zero-order chi connectivity index (χ0) is 11.4. The van der Waals surface area contributed by atoms with Crippen LogP contribution in [-0.2, 0) is 4.79 Å². The molecule has 16 heavy (non-hydrogen) atoms. The molecule has 1 aliphatic carbocycles. The van der Waals surface area contributed by atoms with Crippen molar-refractivity contribution in [2.24, 2.45) is 11.8 Å². The first-order chi connectivity index (χ1) is 7.75. The number of rotatable bonds is 4. The molecule has 1 saturated heterocycles. The largest absolute Gasteiger partial charge is 0.342 e. The fraction of sp³-hybridized carbons (Fsp3) is 0.923. The maximum Gasteiger partial charge on any atom is 0.236 e. The number of nitrogens with zero attached hydrogens (tertiary/aromatic N) is 1. The molecular formula is C13H24N2O. The highest BCUT2D eigenvalue weighted by atomic mass is 16.2. The van der Waals surface area contributed by atoms with Crippen LogP contribution < -0.4 is 5.32 Å². The van der Waals surface area contributed by atoms with Gasteiger partial charge in [-0.25, -0.2) is 0 Å². The maximum absolute atomic E-state index is 11.9. The van der Waals surface area contributed by atoms with Gasteiger partial charge in [-0.2, -0.15) is 0 Å². The molecule has 1 heterocycles. The lowest BCUT2D eigenvalue weighted by molar-refractivity contribution is -0.130. The average Bonchev–Trinajstić information content (AvgIpc) is 3.06. The predicted molar refractivity (Wildman–Crippen MR) is 65.2 cm³/mol. The van der Waals surface area contributed by atoms with Crippen molar-refractivity contribution in [1.29, 1.82) is 0 Å². The minimum absolute atomic E-state index is 0.301. The van der Waals surface area contributed by atoms with Crippen LogP contribution in [0.15, 0.2) is 0 Å². The van der Waals surface area contributed by atoms with Crippen molar-refractivity contribution >= 4 is 5.91 Å². The molecule has 0 aromatic carbocycles. The molecule has 1 aliphatic heterocycles. The van der Waals surface area contributed by atoms with Crippen LogP contribution in [0.2, 0.25) is 0 Å². The highest BCUT2D eigenvalue weighted by Crippen LogP contribution is 2.27. The van der Waals surface area contributed by atoms with Gasteiger partial charge in [0.25, 0.3) is 0 Å². The van der Waals surface area contributed by atoms with E-state index in [1.165, 1.54) is 32.1 Å². The lowest BCUT2D eigenvalue weighted by atomic mass is 10.0. The quantitative estimate of drug-likeness (QED) is 0.787. The molecule has 3 heteroatoms. The van der Waals surface area contributed by atoms with Gasteiger partial charge >= 0.3 is 0 Å². The first-order valence-electron chi connectivity index (χ1n) is 6.74. The van der Waals surface area contributed by atoms with Gasteiger partial charge in [0, 0.05) is 13.1 Å². The highest BCUT2D eigenvalue weighted by Gasteiger charge is 2.22. The van der Waals surface area contributed by atoms with Gasteiger partial charge < -0.3 is 10.2 Å². The van der Waals surface area contributed by atoms with Crippen molar-refractivity contribution in [3.05, 3.63) is 0 Å². The molecule has 1 amide bonds. The summed E-state index contributed by atoms with van der Waals surface area (Å²) >= 11 is 0. The molecule has 0 aromatic heterocycles. The number of carbonyl (C=O) groups excluding carboxylic acids is 1. The first-order valence-corrected chi connectivity index (χ1v) is 6.74. The summed E-state index contributed by atoms with van der Waals surface area (Å²) in [5, 5.41) is 3.28. The first kappa shape index (κ1) is 11.9. The van der Waals surface area contributed by atoms with E-state index in [4.69, 9.17) is 0 Å². The average molecular weight is 224 g/mol. The van der Waals surface area contributed by atoms with Crippen LogP contribution in [0, 0.1) is 11.8 Å². The molecule has 0 spiro atoms. The fourth-order valence-electron chi connectivity index (χ4n) is 2.33. The molecule has 1 unspecified atom stereocenters. The molecule has 92 valence electrons. The summed E-state index contributed by atoms with van der Waals surface area (Å²) < 4.78 is 0. The van der Waals surface area contributed by atoms with Crippen LogP contribution >= 0.6 is 0 Å². The molecule has 3 nitrogen and oxygen atoms in total. The van der Waals surface area contributed by atoms with E-state index in [2.05, 4.69) is 12.2 Å². The van der Waals surface area contributed by atoms with Crippen LogP contribution in [-0.4, -0.2) is 37.0 Å². The second-order valence-corrected chi connectivity index (χ2v) is 5.49. The van der Waals surface area contributed by atoms with Gasteiger partial charge in [-0.05, 0) is 50.5 Å². The molecule has 1 N–H and O–H groups in total. The number of carbonyl (C=O) groups is 1. The zero-order valence-electron chi connectivity index (χ0n) is 10.4. The Bertz CT molecular complexity index is 238. The lowest BCUT2D eigenvalue weighted by Gasteiger charge is -2.20. The Balaban J connectivity index is 1.66. The molecule has 2 rings (SSSR count). The van der Waals surface area contributed by atoms with E-state index in [0.29, 0.717) is 12.5 Å². The predicted octanol–water partition coefficient (Wildman–Crippen LogP) is 1.63. The van der Waals surface area contributed by atoms with Crippen LogP contribution in [0.1, 0.15) is 39.0 Å². The molecule has 2 aliphatic rings. The summed E-state index contributed by atoms with van der Waals surface area (Å²) in [5.74, 6) is 1.95. The summed E-state index contributed by atoms with van der Waals surface area (Å²) in [6, 6.07) is 0. The van der Waals surface area contributed by atoms with Crippen molar-refractivity contribution in [2.75, 3.05) is 26.2 Å². The Morgan fingerprint density at radius 3 is 2.81 bits per heavy atom. The molecule has 2 fully saturated rings. The monoisotopic (exact) mass is 224 g/mol. The third-order valence-corrected chi connectivity index (χ3v) is 3.78. The van der Waals surface area contributed by atoms with Gasteiger partial charge in [-0.15, -0.1) is 0 Å². The van der Waals surface area contributed by atoms with Crippen molar-refractivity contribution < 1.29 is 4.79 Å².